The van der Waals surface area contributed by atoms with Crippen LogP contribution in [0.4, 0.5) is 0 Å². The van der Waals surface area contributed by atoms with E-state index in [1.54, 1.807) is 0 Å². The highest BCUT2D eigenvalue weighted by Gasteiger charge is 2.36. The van der Waals surface area contributed by atoms with Crippen LogP contribution in [0.3, 0.4) is 0 Å². The maximum atomic E-state index is 6.11. The summed E-state index contributed by atoms with van der Waals surface area (Å²) in [6.45, 7) is 6.74. The van der Waals surface area contributed by atoms with Crippen molar-refractivity contribution >= 4 is 0 Å². The summed E-state index contributed by atoms with van der Waals surface area (Å²) in [7, 11) is 0. The molecule has 2 N–H and O–H groups in total. The third-order valence-electron chi connectivity index (χ3n) is 5.04. The molecule has 2 heterocycles. The lowest BCUT2D eigenvalue weighted by molar-refractivity contribution is -0.00666. The number of fused-ring (bicyclic) bond motifs is 1. The van der Waals surface area contributed by atoms with E-state index in [2.05, 4.69) is 47.1 Å². The lowest BCUT2D eigenvalue weighted by Crippen LogP contribution is -2.59. The number of hydrogen-bond donors (Lipinski definition) is 1. The molecular weight excluding hydrogens is 246 g/mol. The number of piperidine rings is 1. The molecule has 3 atom stereocenters. The van der Waals surface area contributed by atoms with Crippen molar-refractivity contribution < 1.29 is 0 Å². The first-order chi connectivity index (χ1) is 9.79. The lowest BCUT2D eigenvalue weighted by atomic mass is 9.94. The highest BCUT2D eigenvalue weighted by molar-refractivity contribution is 5.20. The average molecular weight is 273 g/mol. The first kappa shape index (κ1) is 14.1. The van der Waals surface area contributed by atoms with Crippen LogP contribution in [0, 0.1) is 0 Å². The van der Waals surface area contributed by atoms with Crippen LogP contribution in [0.5, 0.6) is 0 Å². The van der Waals surface area contributed by atoms with Crippen molar-refractivity contribution in [1.29, 1.82) is 0 Å². The molecule has 2 aliphatic heterocycles. The Hall–Kier alpha value is -0.900. The normalized spacial score (nSPS) is 29.9. The molecule has 1 aromatic carbocycles. The highest BCUT2D eigenvalue weighted by atomic mass is 15.3. The van der Waals surface area contributed by atoms with Gasteiger partial charge in [0.05, 0.1) is 0 Å². The van der Waals surface area contributed by atoms with E-state index in [9.17, 15) is 0 Å². The van der Waals surface area contributed by atoms with Crippen molar-refractivity contribution in [2.24, 2.45) is 5.73 Å². The molecule has 3 nitrogen and oxygen atoms in total. The van der Waals surface area contributed by atoms with Crippen LogP contribution >= 0.6 is 0 Å². The highest BCUT2D eigenvalue weighted by Crippen LogP contribution is 2.30. The van der Waals surface area contributed by atoms with E-state index in [4.69, 9.17) is 5.73 Å². The van der Waals surface area contributed by atoms with Gasteiger partial charge in [-0.3, -0.25) is 9.80 Å². The van der Waals surface area contributed by atoms with Crippen molar-refractivity contribution in [3.8, 4) is 0 Å². The second-order valence-electron chi connectivity index (χ2n) is 6.35. The van der Waals surface area contributed by atoms with Crippen molar-refractivity contribution in [1.82, 2.24) is 9.80 Å². The molecule has 3 unspecified atom stereocenters. The third-order valence-corrected chi connectivity index (χ3v) is 5.04. The number of nitrogens with zero attached hydrogens (tertiary/aromatic N) is 2. The molecule has 0 aliphatic carbocycles. The lowest BCUT2D eigenvalue weighted by Gasteiger charge is -2.50. The van der Waals surface area contributed by atoms with Gasteiger partial charge in [0.25, 0.3) is 0 Å². The summed E-state index contributed by atoms with van der Waals surface area (Å²) in [6.07, 6.45) is 4.12. The summed E-state index contributed by atoms with van der Waals surface area (Å²) in [5.41, 5.74) is 7.48. The van der Waals surface area contributed by atoms with Crippen LogP contribution in [-0.4, -0.2) is 48.1 Å². The van der Waals surface area contributed by atoms with Gasteiger partial charge in [-0.25, -0.2) is 0 Å². The summed E-state index contributed by atoms with van der Waals surface area (Å²) in [4.78, 5) is 5.34. The maximum absolute atomic E-state index is 6.11. The topological polar surface area (TPSA) is 32.5 Å². The summed E-state index contributed by atoms with van der Waals surface area (Å²) in [5.74, 6) is 0. The summed E-state index contributed by atoms with van der Waals surface area (Å²) >= 11 is 0. The van der Waals surface area contributed by atoms with Crippen LogP contribution < -0.4 is 5.73 Å². The van der Waals surface area contributed by atoms with Gasteiger partial charge < -0.3 is 5.73 Å². The molecule has 2 fully saturated rings. The van der Waals surface area contributed by atoms with Gasteiger partial charge >= 0.3 is 0 Å². The van der Waals surface area contributed by atoms with Crippen molar-refractivity contribution in [2.45, 2.75) is 44.3 Å². The maximum Gasteiger partial charge on any atom is 0.0474 e. The Morgan fingerprint density at radius 2 is 2.00 bits per heavy atom. The minimum Gasteiger partial charge on any atom is -0.329 e. The predicted octanol–water partition coefficient (Wildman–Crippen LogP) is 2.25. The Balaban J connectivity index is 1.77. The Morgan fingerprint density at radius 1 is 1.20 bits per heavy atom. The third kappa shape index (κ3) is 2.76. The number of benzene rings is 1. The molecule has 1 aromatic rings. The van der Waals surface area contributed by atoms with Crippen LogP contribution in [0.1, 0.15) is 37.8 Å². The van der Waals surface area contributed by atoms with E-state index in [0.29, 0.717) is 18.6 Å². The van der Waals surface area contributed by atoms with Crippen LogP contribution in [0.25, 0.3) is 0 Å². The van der Waals surface area contributed by atoms with Crippen LogP contribution in [-0.2, 0) is 0 Å². The Kier molecular flexibility index (Phi) is 4.39. The molecule has 2 aliphatic rings. The molecule has 20 heavy (non-hydrogen) atoms. The standard InChI is InChI=1S/C17H27N3/c1-14-12-19-10-6-5-9-16(19)13-20(14)17(11-18)15-7-3-2-4-8-15/h2-4,7-8,14,16-17H,5-6,9-13,18H2,1H3. The largest absolute Gasteiger partial charge is 0.329 e. The average Bonchev–Trinajstić information content (AvgIpc) is 2.49. The van der Waals surface area contributed by atoms with Gasteiger partial charge in [0, 0.05) is 37.8 Å². The molecular formula is C17H27N3. The van der Waals surface area contributed by atoms with E-state index < -0.39 is 0 Å². The molecule has 110 valence electrons. The van der Waals surface area contributed by atoms with Crippen LogP contribution in [0.15, 0.2) is 30.3 Å². The second kappa shape index (κ2) is 6.25. The zero-order chi connectivity index (χ0) is 13.9. The van der Waals surface area contributed by atoms with Crippen molar-refractivity contribution in [2.75, 3.05) is 26.2 Å². The molecule has 3 heteroatoms. The van der Waals surface area contributed by atoms with Gasteiger partial charge in [-0.05, 0) is 31.9 Å². The minimum atomic E-state index is 0.371. The van der Waals surface area contributed by atoms with E-state index in [0.717, 1.165) is 6.04 Å². The monoisotopic (exact) mass is 273 g/mol. The fourth-order valence-corrected chi connectivity index (χ4v) is 3.95. The Bertz CT molecular complexity index is 420. The van der Waals surface area contributed by atoms with Gasteiger partial charge in [0.1, 0.15) is 0 Å². The smallest absolute Gasteiger partial charge is 0.0474 e. The molecule has 0 aromatic heterocycles. The molecule has 0 saturated carbocycles. The number of rotatable bonds is 3. The van der Waals surface area contributed by atoms with Crippen molar-refractivity contribution in [3.05, 3.63) is 35.9 Å². The van der Waals surface area contributed by atoms with Gasteiger partial charge in [-0.1, -0.05) is 36.8 Å². The quantitative estimate of drug-likeness (QED) is 0.917. The van der Waals surface area contributed by atoms with Crippen molar-refractivity contribution in [3.63, 3.8) is 0 Å². The summed E-state index contributed by atoms with van der Waals surface area (Å²) in [5, 5.41) is 0. The molecule has 0 amide bonds. The zero-order valence-electron chi connectivity index (χ0n) is 12.5. The molecule has 0 spiro atoms. The Morgan fingerprint density at radius 3 is 2.75 bits per heavy atom. The number of piperazine rings is 1. The fourth-order valence-electron chi connectivity index (χ4n) is 3.95. The minimum absolute atomic E-state index is 0.371. The predicted molar refractivity (Wildman–Crippen MR) is 83.6 cm³/mol. The van der Waals surface area contributed by atoms with Gasteiger partial charge in [-0.15, -0.1) is 0 Å². The van der Waals surface area contributed by atoms with E-state index >= 15 is 0 Å². The molecule has 3 rings (SSSR count). The number of hydrogen-bond acceptors (Lipinski definition) is 3. The fraction of sp³-hybridized carbons (Fsp3) is 0.647. The van der Waals surface area contributed by atoms with E-state index in [-0.39, 0.29) is 0 Å². The zero-order valence-corrected chi connectivity index (χ0v) is 12.5. The number of nitrogens with two attached hydrogens (primary N) is 1. The SMILES string of the molecule is CC1CN2CCCCC2CN1C(CN)c1ccccc1. The Labute approximate surface area is 122 Å². The summed E-state index contributed by atoms with van der Waals surface area (Å²) < 4.78 is 0. The van der Waals surface area contributed by atoms with Crippen LogP contribution in [0.2, 0.25) is 0 Å². The second-order valence-corrected chi connectivity index (χ2v) is 6.35. The van der Waals surface area contributed by atoms with Gasteiger partial charge in [-0.2, -0.15) is 0 Å². The molecule has 2 saturated heterocycles. The summed E-state index contributed by atoms with van der Waals surface area (Å²) in [6, 6.07) is 12.5. The van der Waals surface area contributed by atoms with E-state index in [1.165, 1.54) is 44.5 Å². The van der Waals surface area contributed by atoms with Gasteiger partial charge in [0.15, 0.2) is 0 Å². The first-order valence-corrected chi connectivity index (χ1v) is 8.04. The molecule has 0 radical (unpaired) electrons. The van der Waals surface area contributed by atoms with Gasteiger partial charge in [0.2, 0.25) is 0 Å². The molecule has 0 bridgehead atoms. The first-order valence-electron chi connectivity index (χ1n) is 8.04. The van der Waals surface area contributed by atoms with E-state index in [1.807, 2.05) is 0 Å².